The van der Waals surface area contributed by atoms with E-state index in [1.54, 1.807) is 0 Å². The summed E-state index contributed by atoms with van der Waals surface area (Å²) < 4.78 is 11.0. The molecular formula is C20H27N3O2. The van der Waals surface area contributed by atoms with Crippen LogP contribution in [0.3, 0.4) is 0 Å². The van der Waals surface area contributed by atoms with Crippen molar-refractivity contribution in [2.24, 2.45) is 10.4 Å². The minimum Gasteiger partial charge on any atom is -0.481 e. The quantitative estimate of drug-likeness (QED) is 0.505. The van der Waals surface area contributed by atoms with Gasteiger partial charge in [-0.3, -0.25) is 4.99 Å². The molecule has 1 aromatic carbocycles. The molecular weight excluding hydrogens is 314 g/mol. The molecule has 0 aromatic heterocycles. The van der Waals surface area contributed by atoms with E-state index in [0.29, 0.717) is 12.0 Å². The molecule has 1 atom stereocenters. The van der Waals surface area contributed by atoms with Gasteiger partial charge < -0.3 is 19.7 Å². The van der Waals surface area contributed by atoms with Gasteiger partial charge in [0, 0.05) is 38.7 Å². The lowest BCUT2D eigenvalue weighted by Gasteiger charge is -2.25. The van der Waals surface area contributed by atoms with E-state index in [0.717, 1.165) is 51.0 Å². The number of hydrogen-bond acceptors (Lipinski definition) is 3. The van der Waals surface area contributed by atoms with Gasteiger partial charge >= 0.3 is 0 Å². The Morgan fingerprint density at radius 3 is 2.92 bits per heavy atom. The van der Waals surface area contributed by atoms with Gasteiger partial charge in [-0.25, -0.2) is 0 Å². The van der Waals surface area contributed by atoms with Gasteiger partial charge in [-0.1, -0.05) is 18.1 Å². The molecule has 25 heavy (non-hydrogen) atoms. The first-order valence-electron chi connectivity index (χ1n) is 8.93. The van der Waals surface area contributed by atoms with Gasteiger partial charge in [-0.05, 0) is 37.0 Å². The number of benzene rings is 1. The van der Waals surface area contributed by atoms with E-state index < -0.39 is 0 Å². The van der Waals surface area contributed by atoms with Gasteiger partial charge in [0.15, 0.2) is 5.96 Å². The molecule has 0 saturated carbocycles. The standard InChI is InChI=1S/C20H27N3O2/c1-3-13-25-18-6-4-17(5-7-18)8-11-22-19(21-2)23-12-9-20(15-23)10-14-24-16-20/h1,4-7H,8-16H2,2H3,(H,21,22). The predicted octanol–water partition coefficient (Wildman–Crippen LogP) is 1.93. The summed E-state index contributed by atoms with van der Waals surface area (Å²) in [6, 6.07) is 8.09. The van der Waals surface area contributed by atoms with Crippen LogP contribution in [-0.4, -0.2) is 57.4 Å². The van der Waals surface area contributed by atoms with Crippen molar-refractivity contribution in [2.75, 3.05) is 46.5 Å². The summed E-state index contributed by atoms with van der Waals surface area (Å²) in [5.74, 6) is 4.28. The van der Waals surface area contributed by atoms with Crippen molar-refractivity contribution < 1.29 is 9.47 Å². The Morgan fingerprint density at radius 1 is 1.40 bits per heavy atom. The molecule has 3 rings (SSSR count). The van der Waals surface area contributed by atoms with Gasteiger partial charge in [0.1, 0.15) is 12.4 Å². The van der Waals surface area contributed by atoms with Crippen molar-refractivity contribution >= 4 is 5.96 Å². The number of terminal acetylenes is 1. The van der Waals surface area contributed by atoms with Gasteiger partial charge in [0.25, 0.3) is 0 Å². The van der Waals surface area contributed by atoms with E-state index in [2.05, 4.69) is 33.3 Å². The minimum absolute atomic E-state index is 0.305. The van der Waals surface area contributed by atoms with Crippen molar-refractivity contribution in [2.45, 2.75) is 19.3 Å². The van der Waals surface area contributed by atoms with Crippen LogP contribution < -0.4 is 10.1 Å². The van der Waals surface area contributed by atoms with Crippen molar-refractivity contribution in [1.29, 1.82) is 0 Å². The second-order valence-corrected chi connectivity index (χ2v) is 6.83. The Labute approximate surface area is 150 Å². The Balaban J connectivity index is 1.45. The van der Waals surface area contributed by atoms with Crippen LogP contribution in [0.4, 0.5) is 0 Å². The third-order valence-corrected chi connectivity index (χ3v) is 5.08. The second kappa shape index (κ2) is 8.26. The molecule has 134 valence electrons. The monoisotopic (exact) mass is 341 g/mol. The molecule has 0 amide bonds. The summed E-state index contributed by atoms with van der Waals surface area (Å²) in [5.41, 5.74) is 1.62. The van der Waals surface area contributed by atoms with E-state index in [1.165, 1.54) is 18.4 Å². The molecule has 2 aliphatic rings. The summed E-state index contributed by atoms with van der Waals surface area (Å²) in [6.07, 6.45) is 8.52. The normalized spacial score (nSPS) is 23.0. The first kappa shape index (κ1) is 17.6. The highest BCUT2D eigenvalue weighted by Gasteiger charge is 2.42. The SMILES string of the molecule is C#CCOc1ccc(CCNC(=NC)N2CCC3(CCOC3)C2)cc1. The van der Waals surface area contributed by atoms with Crippen LogP contribution in [0.15, 0.2) is 29.3 Å². The maximum absolute atomic E-state index is 5.61. The Kier molecular flexibility index (Phi) is 5.83. The van der Waals surface area contributed by atoms with E-state index in [-0.39, 0.29) is 0 Å². The molecule has 1 spiro atoms. The van der Waals surface area contributed by atoms with Gasteiger partial charge in [-0.2, -0.15) is 0 Å². The fourth-order valence-corrected chi connectivity index (χ4v) is 3.62. The van der Waals surface area contributed by atoms with Crippen molar-refractivity contribution in [3.05, 3.63) is 29.8 Å². The fourth-order valence-electron chi connectivity index (χ4n) is 3.62. The molecule has 2 fully saturated rings. The molecule has 1 N–H and O–H groups in total. The van der Waals surface area contributed by atoms with Crippen LogP contribution in [-0.2, 0) is 11.2 Å². The zero-order valence-corrected chi connectivity index (χ0v) is 15.0. The lowest BCUT2D eigenvalue weighted by Crippen LogP contribution is -2.42. The van der Waals surface area contributed by atoms with E-state index in [9.17, 15) is 0 Å². The summed E-state index contributed by atoms with van der Waals surface area (Å²) in [4.78, 5) is 6.82. The summed E-state index contributed by atoms with van der Waals surface area (Å²) in [7, 11) is 1.86. The number of guanidine groups is 1. The lowest BCUT2D eigenvalue weighted by molar-refractivity contribution is 0.156. The number of hydrogen-bond donors (Lipinski definition) is 1. The Bertz CT molecular complexity index is 627. The molecule has 5 heteroatoms. The molecule has 0 radical (unpaired) electrons. The maximum Gasteiger partial charge on any atom is 0.193 e. The van der Waals surface area contributed by atoms with Crippen molar-refractivity contribution in [3.63, 3.8) is 0 Å². The first-order chi connectivity index (χ1) is 12.2. The number of rotatable bonds is 5. The zero-order chi connectivity index (χ0) is 17.5. The topological polar surface area (TPSA) is 46.1 Å². The Morgan fingerprint density at radius 2 is 2.24 bits per heavy atom. The smallest absolute Gasteiger partial charge is 0.193 e. The van der Waals surface area contributed by atoms with Crippen LogP contribution in [0.5, 0.6) is 5.75 Å². The van der Waals surface area contributed by atoms with Gasteiger partial charge in [0.05, 0.1) is 6.61 Å². The molecule has 2 aliphatic heterocycles. The number of aliphatic imine (C=N–C) groups is 1. The van der Waals surface area contributed by atoms with Crippen LogP contribution in [0, 0.1) is 17.8 Å². The van der Waals surface area contributed by atoms with Gasteiger partial charge in [-0.15, -0.1) is 6.42 Å². The average Bonchev–Trinajstić information content (AvgIpc) is 3.28. The molecule has 1 aromatic rings. The average molecular weight is 341 g/mol. The van der Waals surface area contributed by atoms with Gasteiger partial charge in [0.2, 0.25) is 0 Å². The van der Waals surface area contributed by atoms with Crippen molar-refractivity contribution in [1.82, 2.24) is 10.2 Å². The Hall–Kier alpha value is -2.19. The summed E-state index contributed by atoms with van der Waals surface area (Å²) in [6.45, 7) is 5.07. The highest BCUT2D eigenvalue weighted by molar-refractivity contribution is 5.80. The summed E-state index contributed by atoms with van der Waals surface area (Å²) in [5, 5.41) is 3.49. The van der Waals surface area contributed by atoms with Crippen molar-refractivity contribution in [3.8, 4) is 18.1 Å². The third kappa shape index (κ3) is 4.46. The largest absolute Gasteiger partial charge is 0.481 e. The zero-order valence-electron chi connectivity index (χ0n) is 15.0. The second-order valence-electron chi connectivity index (χ2n) is 6.83. The molecule has 0 bridgehead atoms. The van der Waals surface area contributed by atoms with Crippen LogP contribution in [0.2, 0.25) is 0 Å². The number of ether oxygens (including phenoxy) is 2. The minimum atomic E-state index is 0.305. The summed E-state index contributed by atoms with van der Waals surface area (Å²) >= 11 is 0. The van der Waals surface area contributed by atoms with E-state index >= 15 is 0 Å². The van der Waals surface area contributed by atoms with E-state index in [4.69, 9.17) is 15.9 Å². The molecule has 0 aliphatic carbocycles. The lowest BCUT2D eigenvalue weighted by atomic mass is 9.87. The van der Waals surface area contributed by atoms with E-state index in [1.807, 2.05) is 19.2 Å². The molecule has 2 heterocycles. The third-order valence-electron chi connectivity index (χ3n) is 5.08. The number of nitrogens with one attached hydrogen (secondary N) is 1. The highest BCUT2D eigenvalue weighted by Crippen LogP contribution is 2.38. The highest BCUT2D eigenvalue weighted by atomic mass is 16.5. The van der Waals surface area contributed by atoms with Crippen LogP contribution >= 0.6 is 0 Å². The molecule has 2 saturated heterocycles. The first-order valence-corrected chi connectivity index (χ1v) is 8.93. The maximum atomic E-state index is 5.61. The molecule has 1 unspecified atom stereocenters. The predicted molar refractivity (Wildman–Crippen MR) is 99.9 cm³/mol. The number of likely N-dealkylation sites (tertiary alicyclic amines) is 1. The fraction of sp³-hybridized carbons (Fsp3) is 0.550. The molecule has 5 nitrogen and oxygen atoms in total. The van der Waals surface area contributed by atoms with Crippen LogP contribution in [0.1, 0.15) is 18.4 Å². The van der Waals surface area contributed by atoms with Crippen LogP contribution in [0.25, 0.3) is 0 Å². The number of nitrogens with zero attached hydrogens (tertiary/aromatic N) is 2.